The number of likely N-dealkylation sites (N-methyl/N-ethyl adjacent to an activating group) is 1. The van der Waals surface area contributed by atoms with Gasteiger partial charge in [0.2, 0.25) is 0 Å². The largest absolute Gasteiger partial charge is 0.393 e. The Bertz CT molecular complexity index is 487. The molecule has 136 valence electrons. The average Bonchev–Trinajstić information content (AvgIpc) is 2.78. The van der Waals surface area contributed by atoms with Crippen molar-refractivity contribution in [3.05, 3.63) is 0 Å². The zero-order valence-corrected chi connectivity index (χ0v) is 15.0. The SMILES string of the molecule is CN1C(=O)[C@@](CCC2CCCCC2)(CC2CCC[C@H](O)C2)N=C1N. The number of carbonyl (C=O) groups is 1. The maximum atomic E-state index is 12.9. The van der Waals surface area contributed by atoms with Gasteiger partial charge in [-0.3, -0.25) is 9.69 Å². The van der Waals surface area contributed by atoms with E-state index >= 15 is 0 Å². The molecule has 0 spiro atoms. The molecule has 3 aliphatic rings. The highest BCUT2D eigenvalue weighted by Crippen LogP contribution is 2.40. The number of carbonyl (C=O) groups excluding carboxylic acids is 1. The summed E-state index contributed by atoms with van der Waals surface area (Å²) in [6.07, 6.45) is 12.9. The van der Waals surface area contributed by atoms with E-state index < -0.39 is 5.54 Å². The lowest BCUT2D eigenvalue weighted by atomic mass is 9.74. The monoisotopic (exact) mass is 335 g/mol. The molecule has 2 saturated carbocycles. The van der Waals surface area contributed by atoms with Crippen molar-refractivity contribution in [3.8, 4) is 0 Å². The second-order valence-corrected chi connectivity index (χ2v) is 8.30. The number of amides is 1. The molecule has 1 heterocycles. The smallest absolute Gasteiger partial charge is 0.257 e. The van der Waals surface area contributed by atoms with Gasteiger partial charge < -0.3 is 10.8 Å². The predicted molar refractivity (Wildman–Crippen MR) is 95.5 cm³/mol. The molecule has 3 rings (SSSR count). The molecular formula is C19H33N3O2. The number of aliphatic imine (C=N–C) groups is 1. The van der Waals surface area contributed by atoms with E-state index in [1.165, 1.54) is 37.0 Å². The first-order valence-electron chi connectivity index (χ1n) is 9.82. The zero-order valence-electron chi connectivity index (χ0n) is 15.0. The molecule has 0 saturated heterocycles. The molecule has 3 N–H and O–H groups in total. The van der Waals surface area contributed by atoms with E-state index in [0.717, 1.165) is 50.9 Å². The van der Waals surface area contributed by atoms with Crippen molar-refractivity contribution in [1.29, 1.82) is 0 Å². The Morgan fingerprint density at radius 1 is 1.17 bits per heavy atom. The summed E-state index contributed by atoms with van der Waals surface area (Å²) < 4.78 is 0. The fourth-order valence-corrected chi connectivity index (χ4v) is 5.00. The average molecular weight is 335 g/mol. The minimum Gasteiger partial charge on any atom is -0.393 e. The molecule has 1 aliphatic heterocycles. The lowest BCUT2D eigenvalue weighted by Crippen LogP contribution is -2.44. The van der Waals surface area contributed by atoms with Gasteiger partial charge in [-0.15, -0.1) is 0 Å². The third-order valence-electron chi connectivity index (χ3n) is 6.45. The minimum absolute atomic E-state index is 0.0656. The Balaban J connectivity index is 1.70. The van der Waals surface area contributed by atoms with E-state index in [1.807, 2.05) is 0 Å². The van der Waals surface area contributed by atoms with Crippen molar-refractivity contribution in [1.82, 2.24) is 4.90 Å². The first-order chi connectivity index (χ1) is 11.5. The van der Waals surface area contributed by atoms with Crippen molar-refractivity contribution in [2.75, 3.05) is 7.05 Å². The molecule has 3 atom stereocenters. The van der Waals surface area contributed by atoms with Gasteiger partial charge in [-0.1, -0.05) is 44.9 Å². The van der Waals surface area contributed by atoms with E-state index in [0.29, 0.717) is 11.9 Å². The quantitative estimate of drug-likeness (QED) is 0.811. The molecule has 0 bridgehead atoms. The van der Waals surface area contributed by atoms with E-state index in [1.54, 1.807) is 7.05 Å². The van der Waals surface area contributed by atoms with Crippen LogP contribution >= 0.6 is 0 Å². The van der Waals surface area contributed by atoms with Crippen LogP contribution in [0.25, 0.3) is 0 Å². The second kappa shape index (κ2) is 7.42. The fraction of sp³-hybridized carbons (Fsp3) is 0.895. The van der Waals surface area contributed by atoms with Crippen LogP contribution in [0.15, 0.2) is 4.99 Å². The topological polar surface area (TPSA) is 78.9 Å². The van der Waals surface area contributed by atoms with E-state index in [-0.39, 0.29) is 12.0 Å². The Hall–Kier alpha value is -1.10. The van der Waals surface area contributed by atoms with Gasteiger partial charge in [0.25, 0.3) is 5.91 Å². The summed E-state index contributed by atoms with van der Waals surface area (Å²) in [5.41, 5.74) is 5.32. The molecule has 0 aromatic rings. The second-order valence-electron chi connectivity index (χ2n) is 8.30. The summed E-state index contributed by atoms with van der Waals surface area (Å²) in [5, 5.41) is 9.99. The molecule has 2 fully saturated rings. The molecule has 0 aromatic carbocycles. The van der Waals surface area contributed by atoms with E-state index in [4.69, 9.17) is 5.73 Å². The highest BCUT2D eigenvalue weighted by Gasteiger charge is 2.47. The first-order valence-corrected chi connectivity index (χ1v) is 9.82. The maximum absolute atomic E-state index is 12.9. The van der Waals surface area contributed by atoms with Gasteiger partial charge in [-0.25, -0.2) is 4.99 Å². The van der Waals surface area contributed by atoms with Gasteiger partial charge in [-0.2, -0.15) is 0 Å². The van der Waals surface area contributed by atoms with Gasteiger partial charge >= 0.3 is 0 Å². The number of rotatable bonds is 5. The molecule has 0 aromatic heterocycles. The van der Waals surface area contributed by atoms with Crippen LogP contribution in [0.3, 0.4) is 0 Å². The van der Waals surface area contributed by atoms with Gasteiger partial charge in [-0.05, 0) is 43.9 Å². The molecule has 5 heteroatoms. The third kappa shape index (κ3) is 3.76. The van der Waals surface area contributed by atoms with Crippen LogP contribution in [0.1, 0.15) is 77.0 Å². The Morgan fingerprint density at radius 3 is 2.50 bits per heavy atom. The number of hydrogen-bond acceptors (Lipinski definition) is 4. The van der Waals surface area contributed by atoms with Crippen LogP contribution < -0.4 is 5.73 Å². The van der Waals surface area contributed by atoms with Crippen LogP contribution in [0.5, 0.6) is 0 Å². The van der Waals surface area contributed by atoms with Gasteiger partial charge in [0.1, 0.15) is 5.54 Å². The Kier molecular flexibility index (Phi) is 5.48. The molecule has 2 aliphatic carbocycles. The summed E-state index contributed by atoms with van der Waals surface area (Å²) in [5.74, 6) is 1.55. The highest BCUT2D eigenvalue weighted by molar-refractivity contribution is 6.06. The number of nitrogens with two attached hydrogens (primary N) is 1. The molecule has 1 unspecified atom stereocenters. The van der Waals surface area contributed by atoms with Crippen molar-refractivity contribution in [2.45, 2.75) is 88.7 Å². The summed E-state index contributed by atoms with van der Waals surface area (Å²) in [6, 6.07) is 0. The lowest BCUT2D eigenvalue weighted by Gasteiger charge is -2.34. The van der Waals surface area contributed by atoms with Gasteiger partial charge in [0.15, 0.2) is 5.96 Å². The third-order valence-corrected chi connectivity index (χ3v) is 6.45. The number of nitrogens with zero attached hydrogens (tertiary/aromatic N) is 2. The Labute approximate surface area is 145 Å². The number of hydrogen-bond donors (Lipinski definition) is 2. The van der Waals surface area contributed by atoms with Crippen molar-refractivity contribution in [3.63, 3.8) is 0 Å². The molecule has 1 amide bonds. The van der Waals surface area contributed by atoms with Crippen LogP contribution in [0.4, 0.5) is 0 Å². The van der Waals surface area contributed by atoms with Crippen molar-refractivity contribution >= 4 is 11.9 Å². The summed E-state index contributed by atoms with van der Waals surface area (Å²) in [7, 11) is 1.74. The standard InChI is InChI=1S/C19H33N3O2/c1-22-17(24)19(21-18(22)20,11-10-14-6-3-2-4-7-14)13-15-8-5-9-16(23)12-15/h14-16,23H,2-13H2,1H3,(H2,20,21)/t15?,16-,19+/m0/s1. The first kappa shape index (κ1) is 17.7. The number of aliphatic hydroxyl groups excluding tert-OH is 1. The van der Waals surface area contributed by atoms with Crippen molar-refractivity contribution < 1.29 is 9.90 Å². The maximum Gasteiger partial charge on any atom is 0.257 e. The molecule has 0 radical (unpaired) electrons. The molecule has 24 heavy (non-hydrogen) atoms. The van der Waals surface area contributed by atoms with Crippen LogP contribution in [-0.2, 0) is 4.79 Å². The summed E-state index contributed by atoms with van der Waals surface area (Å²) in [4.78, 5) is 19.1. The molecule has 5 nitrogen and oxygen atoms in total. The van der Waals surface area contributed by atoms with Crippen LogP contribution in [-0.4, -0.2) is 40.6 Å². The predicted octanol–water partition coefficient (Wildman–Crippen LogP) is 2.81. The van der Waals surface area contributed by atoms with E-state index in [2.05, 4.69) is 4.99 Å². The van der Waals surface area contributed by atoms with Gasteiger partial charge in [0, 0.05) is 7.05 Å². The zero-order chi connectivity index (χ0) is 17.2. The summed E-state index contributed by atoms with van der Waals surface area (Å²) in [6.45, 7) is 0. The normalized spacial score (nSPS) is 35.3. The van der Waals surface area contributed by atoms with Crippen LogP contribution in [0.2, 0.25) is 0 Å². The fourth-order valence-electron chi connectivity index (χ4n) is 5.00. The van der Waals surface area contributed by atoms with Crippen molar-refractivity contribution in [2.24, 2.45) is 22.6 Å². The minimum atomic E-state index is -0.669. The molecular weight excluding hydrogens is 302 g/mol. The number of guanidine groups is 1. The van der Waals surface area contributed by atoms with Crippen LogP contribution in [0, 0.1) is 11.8 Å². The number of aliphatic hydroxyl groups is 1. The van der Waals surface area contributed by atoms with E-state index in [9.17, 15) is 9.90 Å². The lowest BCUT2D eigenvalue weighted by molar-refractivity contribution is -0.131. The summed E-state index contributed by atoms with van der Waals surface area (Å²) >= 11 is 0. The van der Waals surface area contributed by atoms with Gasteiger partial charge in [0.05, 0.1) is 6.10 Å². The Morgan fingerprint density at radius 2 is 1.88 bits per heavy atom. The highest BCUT2D eigenvalue weighted by atomic mass is 16.3.